The minimum absolute atomic E-state index is 0.624. The minimum atomic E-state index is 0.624. The second-order valence-electron chi connectivity index (χ2n) is 13.5. The van der Waals surface area contributed by atoms with Crippen LogP contribution in [0.15, 0.2) is 65.8 Å². The van der Waals surface area contributed by atoms with Crippen LogP contribution in [0, 0.1) is 0 Å². The number of hydrogen-bond donors (Lipinski definition) is 0. The van der Waals surface area contributed by atoms with Crippen molar-refractivity contribution >= 4 is 141 Å². The summed E-state index contributed by atoms with van der Waals surface area (Å²) in [5.74, 6) is 3.66. The van der Waals surface area contributed by atoms with Crippen molar-refractivity contribution in [1.29, 1.82) is 0 Å². The van der Waals surface area contributed by atoms with Gasteiger partial charge in [0.1, 0.15) is 0 Å². The van der Waals surface area contributed by atoms with Crippen molar-refractivity contribution < 1.29 is 0 Å². The molecule has 0 radical (unpaired) electrons. The molecule has 3 aliphatic carbocycles. The fourth-order valence-corrected chi connectivity index (χ4v) is 25.6. The Morgan fingerprint density at radius 3 is 0.804 bits per heavy atom. The summed E-state index contributed by atoms with van der Waals surface area (Å²) in [5, 5.41) is 2.12. The van der Waals surface area contributed by atoms with Crippen LogP contribution in [-0.2, 0) is 38.5 Å². The van der Waals surface area contributed by atoms with Crippen LogP contribution in [0.1, 0.15) is 33.4 Å². The van der Waals surface area contributed by atoms with Crippen molar-refractivity contribution in [2.75, 3.05) is 54.8 Å². The quantitative estimate of drug-likeness (QED) is 0.271. The van der Waals surface area contributed by atoms with Crippen LogP contribution in [0.4, 0.5) is 0 Å². The Morgan fingerprint density at radius 2 is 0.608 bits per heavy atom. The van der Waals surface area contributed by atoms with E-state index in [9.17, 15) is 0 Å². The molecule has 0 spiro atoms. The number of thioether (sulfide) groups is 12. The molecule has 0 N–H and O–H groups in total. The third-order valence-electron chi connectivity index (χ3n) is 9.92. The SMILES string of the molecule is CSC1CSC(=C2Cc3cc4cc(c3)CC(=C3SCC(SC)C(SC)S3)Cc3cc(cc(c3)CC(=C3SCC(SC)C(SC)S3)C4)C2)SC1SC. The number of rotatable bonds is 6. The van der Waals surface area contributed by atoms with Gasteiger partial charge in [-0.2, -0.15) is 35.3 Å². The number of benzene rings is 2. The van der Waals surface area contributed by atoms with Gasteiger partial charge in [0, 0.05) is 45.7 Å². The van der Waals surface area contributed by atoms with Crippen LogP contribution in [0.25, 0.3) is 0 Å². The average molecular weight is 902 g/mol. The van der Waals surface area contributed by atoms with Crippen LogP contribution in [0.3, 0.4) is 0 Å². The van der Waals surface area contributed by atoms with Crippen LogP contribution >= 0.6 is 141 Å². The molecule has 276 valence electrons. The van der Waals surface area contributed by atoms with E-state index in [1.807, 2.05) is 0 Å². The molecule has 0 aromatic heterocycles. The average Bonchev–Trinajstić information content (AvgIpc) is 3.15. The monoisotopic (exact) mass is 900 g/mol. The van der Waals surface area contributed by atoms with Gasteiger partial charge in [-0.3, -0.25) is 0 Å². The topological polar surface area (TPSA) is 0 Å². The van der Waals surface area contributed by atoms with Crippen molar-refractivity contribution in [2.45, 2.75) is 68.0 Å². The van der Waals surface area contributed by atoms with Gasteiger partial charge in [-0.15, -0.1) is 106 Å². The Labute approximate surface area is 359 Å². The first kappa shape index (κ1) is 41.0. The van der Waals surface area contributed by atoms with E-state index in [1.165, 1.54) is 50.6 Å². The van der Waals surface area contributed by atoms with E-state index in [2.05, 4.69) is 215 Å². The van der Waals surface area contributed by atoms with E-state index in [4.69, 9.17) is 0 Å². The molecule has 0 nitrogen and oxygen atoms in total. The third kappa shape index (κ3) is 10.1. The first-order valence-corrected chi connectivity index (χ1v) is 30.7. The highest BCUT2D eigenvalue weighted by atomic mass is 32.2. The lowest BCUT2D eigenvalue weighted by atomic mass is 9.86. The van der Waals surface area contributed by atoms with Gasteiger partial charge in [0.05, 0.1) is 13.7 Å². The van der Waals surface area contributed by atoms with Gasteiger partial charge in [-0.25, -0.2) is 0 Å². The Hall–Kier alpha value is 1.86. The van der Waals surface area contributed by atoms with E-state index in [1.54, 1.807) is 29.4 Å². The molecule has 6 bridgehead atoms. The third-order valence-corrected chi connectivity index (χ3v) is 28.0. The maximum atomic E-state index is 2.60. The maximum absolute atomic E-state index is 2.60. The van der Waals surface area contributed by atoms with Crippen molar-refractivity contribution in [3.8, 4) is 0 Å². The summed E-state index contributed by atoms with van der Waals surface area (Å²) < 4.78 is 6.67. The molecule has 3 heterocycles. The lowest BCUT2D eigenvalue weighted by molar-refractivity contribution is 0.946. The van der Waals surface area contributed by atoms with E-state index in [0.717, 1.165) is 38.5 Å². The molecule has 51 heavy (non-hydrogen) atoms. The number of allylic oxidation sites excluding steroid dienone is 3. The van der Waals surface area contributed by atoms with Gasteiger partial charge in [-0.1, -0.05) is 36.4 Å². The molecule has 6 unspecified atom stereocenters. The standard InChI is InChI=1S/C39H48S12/c1-40-31-19-46-34(49-37(31)43-4)28-13-22-7-24-11-26(9-22)17-30(36-48-21-33(42-3)39(45-6)51-36)18-27-10-23(14-28)8-25(12-27)16-29(15-24)35-47-20-32(41-2)38(44-5)50-35/h7-12,31-33,37-39H,13-21H2,1-6H3. The highest BCUT2D eigenvalue weighted by molar-refractivity contribution is 8.31. The van der Waals surface area contributed by atoms with Gasteiger partial charge in [0.2, 0.25) is 0 Å². The smallest absolute Gasteiger partial charge is 0.0678 e. The zero-order chi connectivity index (χ0) is 35.5. The van der Waals surface area contributed by atoms with E-state index in [0.29, 0.717) is 29.5 Å². The molecule has 6 atom stereocenters. The summed E-state index contributed by atoms with van der Waals surface area (Å²) in [4.78, 5) is 0. The molecule has 3 aliphatic heterocycles. The van der Waals surface area contributed by atoms with Crippen LogP contribution in [-0.4, -0.2) is 84.3 Å². The van der Waals surface area contributed by atoms with Gasteiger partial charge in [0.15, 0.2) is 0 Å². The predicted octanol–water partition coefficient (Wildman–Crippen LogP) is 13.0. The normalized spacial score (nSPS) is 28.8. The largest absolute Gasteiger partial charge is 0.159 e. The van der Waals surface area contributed by atoms with Crippen LogP contribution in [0.2, 0.25) is 0 Å². The molecule has 3 saturated heterocycles. The minimum Gasteiger partial charge on any atom is -0.159 e. The molecule has 12 heteroatoms. The Bertz CT molecular complexity index is 1380. The van der Waals surface area contributed by atoms with Gasteiger partial charge in [0.25, 0.3) is 0 Å². The lowest BCUT2D eigenvalue weighted by Crippen LogP contribution is -2.23. The maximum Gasteiger partial charge on any atom is 0.0678 e. The first-order chi connectivity index (χ1) is 24.9. The van der Waals surface area contributed by atoms with Gasteiger partial charge < -0.3 is 0 Å². The lowest BCUT2D eigenvalue weighted by Gasteiger charge is -2.32. The van der Waals surface area contributed by atoms with E-state index in [-0.39, 0.29) is 0 Å². The molecule has 8 rings (SSSR count). The predicted molar refractivity (Wildman–Crippen MR) is 260 cm³/mol. The molecule has 3 fully saturated rings. The molecule has 0 saturated carbocycles. The molecule has 6 aliphatic rings. The van der Waals surface area contributed by atoms with Crippen LogP contribution < -0.4 is 0 Å². The summed E-state index contributed by atoms with van der Waals surface area (Å²) in [6, 6.07) is 15.6. The summed E-state index contributed by atoms with van der Waals surface area (Å²) in [6.45, 7) is 0. The molecular weight excluding hydrogens is 853 g/mol. The first-order valence-electron chi connectivity index (χ1n) is 17.3. The van der Waals surface area contributed by atoms with Crippen molar-refractivity contribution in [1.82, 2.24) is 0 Å². The zero-order valence-electron chi connectivity index (χ0n) is 30.2. The number of fused-ring (bicyclic) bond motifs is 6. The summed E-state index contributed by atoms with van der Waals surface area (Å²) >= 11 is 25.2. The zero-order valence-corrected chi connectivity index (χ0v) is 40.0. The second kappa shape index (κ2) is 19.5. The Balaban J connectivity index is 1.36. The highest BCUT2D eigenvalue weighted by Crippen LogP contribution is 2.52. The van der Waals surface area contributed by atoms with Gasteiger partial charge in [-0.05, 0) is 126 Å². The Kier molecular flexibility index (Phi) is 15.7. The Morgan fingerprint density at radius 1 is 0.373 bits per heavy atom. The number of hydrogen-bond acceptors (Lipinski definition) is 12. The fraction of sp³-hybridized carbons (Fsp3) is 0.538. The molecule has 2 aromatic rings. The molecule has 0 amide bonds. The summed E-state index contributed by atoms with van der Waals surface area (Å²) in [6.07, 6.45) is 20.2. The van der Waals surface area contributed by atoms with Crippen molar-refractivity contribution in [3.63, 3.8) is 0 Å². The van der Waals surface area contributed by atoms with Crippen molar-refractivity contribution in [2.24, 2.45) is 0 Å². The second-order valence-corrected chi connectivity index (χ2v) is 27.9. The highest BCUT2D eigenvalue weighted by Gasteiger charge is 2.33. The fourth-order valence-electron chi connectivity index (χ4n) is 7.44. The molecular formula is C39H48S12. The van der Waals surface area contributed by atoms with Crippen molar-refractivity contribution in [3.05, 3.63) is 99.2 Å². The molecule has 2 aromatic carbocycles. The van der Waals surface area contributed by atoms with E-state index >= 15 is 0 Å². The summed E-state index contributed by atoms with van der Waals surface area (Å²) in [5.41, 5.74) is 14.0. The van der Waals surface area contributed by atoms with E-state index < -0.39 is 0 Å². The van der Waals surface area contributed by atoms with Crippen LogP contribution in [0.5, 0.6) is 0 Å². The summed E-state index contributed by atoms with van der Waals surface area (Å²) in [7, 11) is 0. The van der Waals surface area contributed by atoms with Gasteiger partial charge >= 0.3 is 0 Å².